The van der Waals surface area contributed by atoms with Crippen LogP contribution in [0.25, 0.3) is 88.3 Å². The van der Waals surface area contributed by atoms with Crippen molar-refractivity contribution in [3.05, 3.63) is 259 Å². The Labute approximate surface area is 372 Å². The third-order valence-electron chi connectivity index (χ3n) is 14.4. The molecule has 0 saturated heterocycles. The molecule has 0 atom stereocenters. The largest absolute Gasteiger partial charge is 0.309 e. The predicted molar refractivity (Wildman–Crippen MR) is 268 cm³/mol. The van der Waals surface area contributed by atoms with E-state index in [1.165, 1.54) is 116 Å². The van der Waals surface area contributed by atoms with Crippen molar-refractivity contribution in [1.29, 1.82) is 0 Å². The molecule has 296 valence electrons. The predicted octanol–water partition coefficient (Wildman–Crippen LogP) is 16.8. The minimum atomic E-state index is -0.437. The standard InChI is InChI=1S/C63H39N/c1-3-15-40(16-4-1)42-31-33-47(34-32-42)64(61-28-14-26-59-62(61)50-22-9-12-25-58(50)63(59)56-23-10-7-20-48(56)49-21-8-11-24-57(49)63)60-27-13-19-45-37-53-54-38-46-35-43(41-17-5-2-6-18-41)29-30-44(46)36-52(54)55(53)39-51(45)60/h1-39H. The maximum atomic E-state index is 2.54. The number of benzene rings is 11. The van der Waals surface area contributed by atoms with Crippen LogP contribution in [0, 0.1) is 0 Å². The number of fused-ring (bicyclic) bond motifs is 16. The van der Waals surface area contributed by atoms with E-state index in [-0.39, 0.29) is 0 Å². The Balaban J connectivity index is 0.989. The molecule has 0 fully saturated rings. The van der Waals surface area contributed by atoms with Crippen molar-refractivity contribution < 1.29 is 0 Å². The quantitative estimate of drug-likeness (QED) is 0.167. The van der Waals surface area contributed by atoms with Crippen molar-refractivity contribution in [3.8, 4) is 66.8 Å². The first-order chi connectivity index (χ1) is 31.7. The first-order valence-electron chi connectivity index (χ1n) is 22.3. The summed E-state index contributed by atoms with van der Waals surface area (Å²) in [6.07, 6.45) is 0. The van der Waals surface area contributed by atoms with E-state index in [9.17, 15) is 0 Å². The fourth-order valence-corrected chi connectivity index (χ4v) is 11.6. The van der Waals surface area contributed by atoms with E-state index in [4.69, 9.17) is 0 Å². The van der Waals surface area contributed by atoms with Gasteiger partial charge in [-0.2, -0.15) is 0 Å². The van der Waals surface area contributed by atoms with Gasteiger partial charge < -0.3 is 4.90 Å². The lowest BCUT2D eigenvalue weighted by molar-refractivity contribution is 0.794. The molecular formula is C63H39N. The number of hydrogen-bond acceptors (Lipinski definition) is 1. The van der Waals surface area contributed by atoms with Crippen molar-refractivity contribution >= 4 is 38.6 Å². The zero-order chi connectivity index (χ0) is 41.9. The molecule has 11 aromatic carbocycles. The second-order valence-corrected chi connectivity index (χ2v) is 17.6. The zero-order valence-electron chi connectivity index (χ0n) is 35.0. The van der Waals surface area contributed by atoms with Gasteiger partial charge in [0.25, 0.3) is 0 Å². The summed E-state index contributed by atoms with van der Waals surface area (Å²) < 4.78 is 0. The average molecular weight is 810 g/mol. The van der Waals surface area contributed by atoms with Crippen LogP contribution in [0.3, 0.4) is 0 Å². The van der Waals surface area contributed by atoms with Crippen molar-refractivity contribution in [2.75, 3.05) is 4.90 Å². The van der Waals surface area contributed by atoms with Gasteiger partial charge >= 0.3 is 0 Å². The molecule has 1 nitrogen and oxygen atoms in total. The number of nitrogens with zero attached hydrogens (tertiary/aromatic N) is 1. The molecule has 0 unspecified atom stereocenters. The molecule has 3 aliphatic rings. The van der Waals surface area contributed by atoms with Gasteiger partial charge in [-0.25, -0.2) is 0 Å². The lowest BCUT2D eigenvalue weighted by Gasteiger charge is -2.32. The molecule has 0 saturated carbocycles. The normalized spacial score (nSPS) is 13.1. The topological polar surface area (TPSA) is 3.24 Å². The SMILES string of the molecule is c1ccc(-c2ccc(N(c3cccc4c3-c3ccccc3C43c4ccccc4-c4ccccc43)c3cccc4cc5c(cc34)-c3cc4ccc(-c6ccccc6)cc4cc3-5)cc2)cc1. The highest BCUT2D eigenvalue weighted by atomic mass is 15.1. The van der Waals surface area contributed by atoms with Crippen molar-refractivity contribution in [1.82, 2.24) is 0 Å². The van der Waals surface area contributed by atoms with Crippen LogP contribution in [0.5, 0.6) is 0 Å². The van der Waals surface area contributed by atoms with Crippen molar-refractivity contribution in [2.24, 2.45) is 0 Å². The highest BCUT2D eigenvalue weighted by molar-refractivity contribution is 6.15. The third kappa shape index (κ3) is 4.84. The van der Waals surface area contributed by atoms with E-state index >= 15 is 0 Å². The Bertz CT molecular complexity index is 3670. The monoisotopic (exact) mass is 809 g/mol. The zero-order valence-corrected chi connectivity index (χ0v) is 35.0. The Morgan fingerprint density at radius 1 is 0.266 bits per heavy atom. The van der Waals surface area contributed by atoms with Crippen LogP contribution in [0.2, 0.25) is 0 Å². The highest BCUT2D eigenvalue weighted by Gasteiger charge is 2.52. The molecule has 14 rings (SSSR count). The molecule has 3 aliphatic carbocycles. The highest BCUT2D eigenvalue weighted by Crippen LogP contribution is 2.65. The second kappa shape index (κ2) is 13.4. The van der Waals surface area contributed by atoms with Gasteiger partial charge in [0.05, 0.1) is 16.8 Å². The molecule has 0 bridgehead atoms. The van der Waals surface area contributed by atoms with Gasteiger partial charge in [-0.1, -0.05) is 182 Å². The summed E-state index contributed by atoms with van der Waals surface area (Å²) in [7, 11) is 0. The maximum Gasteiger partial charge on any atom is 0.0726 e. The van der Waals surface area contributed by atoms with Crippen LogP contribution in [0.1, 0.15) is 22.3 Å². The van der Waals surface area contributed by atoms with Crippen LogP contribution < -0.4 is 4.90 Å². The molecular weight excluding hydrogens is 771 g/mol. The Kier molecular flexibility index (Phi) is 7.38. The van der Waals surface area contributed by atoms with Crippen LogP contribution in [0.15, 0.2) is 237 Å². The first kappa shape index (κ1) is 35.3. The third-order valence-corrected chi connectivity index (χ3v) is 14.4. The van der Waals surface area contributed by atoms with E-state index in [0.717, 1.165) is 11.4 Å². The van der Waals surface area contributed by atoms with E-state index in [0.29, 0.717) is 0 Å². The van der Waals surface area contributed by atoms with E-state index in [1.54, 1.807) is 0 Å². The minimum absolute atomic E-state index is 0.437. The lowest BCUT2D eigenvalue weighted by Crippen LogP contribution is -2.26. The van der Waals surface area contributed by atoms with Gasteiger partial charge in [0, 0.05) is 16.6 Å². The van der Waals surface area contributed by atoms with E-state index in [2.05, 4.69) is 241 Å². The van der Waals surface area contributed by atoms with Gasteiger partial charge in [0.15, 0.2) is 0 Å². The molecule has 64 heavy (non-hydrogen) atoms. The fraction of sp³-hybridized carbons (Fsp3) is 0.0159. The van der Waals surface area contributed by atoms with Gasteiger partial charge in [-0.05, 0) is 154 Å². The number of rotatable bonds is 5. The second-order valence-electron chi connectivity index (χ2n) is 17.6. The Hall–Kier alpha value is -8.26. The van der Waals surface area contributed by atoms with E-state index < -0.39 is 5.41 Å². The summed E-state index contributed by atoms with van der Waals surface area (Å²) in [6.45, 7) is 0. The van der Waals surface area contributed by atoms with Crippen LogP contribution in [0.4, 0.5) is 17.1 Å². The first-order valence-corrected chi connectivity index (χ1v) is 22.3. The summed E-state index contributed by atoms with van der Waals surface area (Å²) in [6, 6.07) is 88.3. The summed E-state index contributed by atoms with van der Waals surface area (Å²) in [5.74, 6) is 0. The summed E-state index contributed by atoms with van der Waals surface area (Å²) >= 11 is 0. The molecule has 0 amide bonds. The number of anilines is 3. The average Bonchev–Trinajstić information content (AvgIpc) is 3.84. The molecule has 0 N–H and O–H groups in total. The minimum Gasteiger partial charge on any atom is -0.309 e. The Morgan fingerprint density at radius 3 is 1.44 bits per heavy atom. The summed E-state index contributed by atoms with van der Waals surface area (Å²) in [4.78, 5) is 2.54. The van der Waals surface area contributed by atoms with Gasteiger partial charge in [-0.15, -0.1) is 0 Å². The molecule has 0 radical (unpaired) electrons. The van der Waals surface area contributed by atoms with Crippen molar-refractivity contribution in [3.63, 3.8) is 0 Å². The molecule has 0 aromatic heterocycles. The van der Waals surface area contributed by atoms with Crippen LogP contribution in [-0.4, -0.2) is 0 Å². The molecule has 1 spiro atoms. The molecule has 11 aromatic rings. The summed E-state index contributed by atoms with van der Waals surface area (Å²) in [5.41, 5.74) is 23.8. The lowest BCUT2D eigenvalue weighted by atomic mass is 9.70. The van der Waals surface area contributed by atoms with E-state index in [1.807, 2.05) is 0 Å². The van der Waals surface area contributed by atoms with Crippen molar-refractivity contribution in [2.45, 2.75) is 5.41 Å². The van der Waals surface area contributed by atoms with Crippen LogP contribution >= 0.6 is 0 Å². The molecule has 0 heterocycles. The molecule has 0 aliphatic heterocycles. The fourth-order valence-electron chi connectivity index (χ4n) is 11.6. The maximum absolute atomic E-state index is 2.54. The summed E-state index contributed by atoms with van der Waals surface area (Å²) in [5, 5.41) is 5.00. The molecule has 1 heteroatoms. The number of hydrogen-bond donors (Lipinski definition) is 0. The Morgan fingerprint density at radius 2 is 0.750 bits per heavy atom. The van der Waals surface area contributed by atoms with Gasteiger partial charge in [-0.3, -0.25) is 0 Å². The van der Waals surface area contributed by atoms with Crippen LogP contribution in [-0.2, 0) is 5.41 Å². The smallest absolute Gasteiger partial charge is 0.0726 e. The van der Waals surface area contributed by atoms with Gasteiger partial charge in [0.1, 0.15) is 0 Å². The van der Waals surface area contributed by atoms with Gasteiger partial charge in [0.2, 0.25) is 0 Å².